The second-order valence-corrected chi connectivity index (χ2v) is 12.2. The predicted octanol–water partition coefficient (Wildman–Crippen LogP) is 5.53. The maximum atomic E-state index is 14.0. The maximum absolute atomic E-state index is 14.0. The van der Waals surface area contributed by atoms with Gasteiger partial charge in [0.1, 0.15) is 17.8 Å². The van der Waals surface area contributed by atoms with Gasteiger partial charge in [-0.15, -0.1) is 0 Å². The van der Waals surface area contributed by atoms with Crippen LogP contribution in [-0.2, 0) is 22.4 Å². The molecule has 10 heteroatoms. The smallest absolute Gasteiger partial charge is 0.253 e. The number of carbonyl (C=O) groups excluding carboxylic acids is 4. The molecule has 0 bridgehead atoms. The van der Waals surface area contributed by atoms with E-state index in [1.165, 1.54) is 6.26 Å². The van der Waals surface area contributed by atoms with Gasteiger partial charge >= 0.3 is 0 Å². The van der Waals surface area contributed by atoms with Gasteiger partial charge in [0, 0.05) is 17.3 Å². The van der Waals surface area contributed by atoms with Gasteiger partial charge in [-0.25, -0.2) is 0 Å². The Morgan fingerprint density at radius 2 is 1.30 bits per heavy atom. The van der Waals surface area contributed by atoms with Gasteiger partial charge in [-0.1, -0.05) is 68.4 Å². The summed E-state index contributed by atoms with van der Waals surface area (Å²) in [6, 6.07) is 23.6. The number of hydrogen-bond acceptors (Lipinski definition) is 6. The van der Waals surface area contributed by atoms with Crippen LogP contribution in [0.1, 0.15) is 52.3 Å². The summed E-state index contributed by atoms with van der Waals surface area (Å²) in [6.45, 7) is 3.90. The third-order valence-corrected chi connectivity index (χ3v) is 8.05. The topological polar surface area (TPSA) is 127 Å². The van der Waals surface area contributed by atoms with Crippen LogP contribution < -0.4 is 20.7 Å². The van der Waals surface area contributed by atoms with Crippen molar-refractivity contribution in [1.82, 2.24) is 16.0 Å². The van der Waals surface area contributed by atoms with E-state index in [1.54, 1.807) is 67.8 Å². The molecule has 0 spiro atoms. The number of benzene rings is 3. The van der Waals surface area contributed by atoms with Crippen LogP contribution >= 0.6 is 15.9 Å². The van der Waals surface area contributed by atoms with E-state index in [0.29, 0.717) is 22.2 Å². The molecule has 9 nitrogen and oxygen atoms in total. The van der Waals surface area contributed by atoms with Crippen molar-refractivity contribution in [2.24, 2.45) is 5.92 Å². The van der Waals surface area contributed by atoms with Gasteiger partial charge in [-0.3, -0.25) is 19.2 Å². The van der Waals surface area contributed by atoms with Crippen molar-refractivity contribution in [1.29, 1.82) is 0 Å². The average molecular weight is 689 g/mol. The molecule has 1 aromatic heterocycles. The van der Waals surface area contributed by atoms with E-state index in [9.17, 15) is 19.2 Å². The summed E-state index contributed by atoms with van der Waals surface area (Å²) in [5.74, 6) is -1.01. The van der Waals surface area contributed by atoms with Crippen molar-refractivity contribution >= 4 is 39.4 Å². The molecule has 0 radical (unpaired) electrons. The molecule has 46 heavy (non-hydrogen) atoms. The van der Waals surface area contributed by atoms with Gasteiger partial charge in [0.15, 0.2) is 5.76 Å². The number of amides is 3. The third-order valence-electron chi connectivity index (χ3n) is 7.36. The highest BCUT2D eigenvalue weighted by Gasteiger charge is 2.31. The number of Topliss-reactive ketones (excluding diaryl/α,β-unsaturated/α-hetero) is 1. The lowest BCUT2D eigenvalue weighted by molar-refractivity contribution is -0.130. The Morgan fingerprint density at radius 3 is 1.89 bits per heavy atom. The fraction of sp³-hybridized carbons (Fsp3) is 0.278. The van der Waals surface area contributed by atoms with Crippen LogP contribution in [0, 0.1) is 5.92 Å². The molecule has 3 aromatic carbocycles. The molecule has 240 valence electrons. The number of ether oxygens (including phenoxy) is 1. The molecule has 0 saturated carbocycles. The maximum Gasteiger partial charge on any atom is 0.253 e. The number of furan rings is 1. The molecule has 0 fully saturated rings. The first-order chi connectivity index (χ1) is 22.1. The predicted molar refractivity (Wildman–Crippen MR) is 179 cm³/mol. The standard InChI is InChI=1S/C36H38BrN3O6/c1-23(2)20-29(33(41)32-14-9-19-46-32)38-35(43)31(22-25-15-17-26(45-3)18-16-25)40-36(44)30(21-24-10-5-4-6-11-24)39-34(42)27-12-7-8-13-28(27)37/h4-19,23,29-31H,20-22H2,1-3H3,(H,38,43)(H,39,42)(H,40,44). The van der Waals surface area contributed by atoms with Gasteiger partial charge in [0.05, 0.1) is 25.0 Å². The van der Waals surface area contributed by atoms with E-state index in [1.807, 2.05) is 44.2 Å². The molecule has 3 amide bonds. The summed E-state index contributed by atoms with van der Waals surface area (Å²) < 4.78 is 11.2. The zero-order chi connectivity index (χ0) is 33.1. The van der Waals surface area contributed by atoms with E-state index in [-0.39, 0.29) is 30.3 Å². The third kappa shape index (κ3) is 9.65. The van der Waals surface area contributed by atoms with Crippen molar-refractivity contribution in [3.63, 3.8) is 0 Å². The molecule has 3 N–H and O–H groups in total. The fourth-order valence-corrected chi connectivity index (χ4v) is 5.45. The minimum Gasteiger partial charge on any atom is -0.497 e. The van der Waals surface area contributed by atoms with Crippen LogP contribution in [0.3, 0.4) is 0 Å². The molecular formula is C36H38BrN3O6. The number of rotatable bonds is 15. The summed E-state index contributed by atoms with van der Waals surface area (Å²) in [5.41, 5.74) is 1.96. The summed E-state index contributed by atoms with van der Waals surface area (Å²) in [4.78, 5) is 54.5. The Bertz CT molecular complexity index is 1610. The first-order valence-corrected chi connectivity index (χ1v) is 15.8. The lowest BCUT2D eigenvalue weighted by Gasteiger charge is -2.26. The van der Waals surface area contributed by atoms with Crippen LogP contribution in [-0.4, -0.2) is 48.7 Å². The van der Waals surface area contributed by atoms with Gasteiger partial charge in [-0.05, 0) is 75.8 Å². The normalized spacial score (nSPS) is 12.9. The number of ketones is 1. The second kappa shape index (κ2) is 16.6. The minimum absolute atomic E-state index is 0.0848. The highest BCUT2D eigenvalue weighted by molar-refractivity contribution is 9.10. The second-order valence-electron chi connectivity index (χ2n) is 11.3. The van der Waals surface area contributed by atoms with Crippen molar-refractivity contribution in [3.8, 4) is 5.75 Å². The summed E-state index contributed by atoms with van der Waals surface area (Å²) >= 11 is 3.41. The highest BCUT2D eigenvalue weighted by Crippen LogP contribution is 2.18. The monoisotopic (exact) mass is 687 g/mol. The van der Waals surface area contributed by atoms with Crippen LogP contribution in [0.4, 0.5) is 0 Å². The van der Waals surface area contributed by atoms with Crippen LogP contribution in [0.2, 0.25) is 0 Å². The first kappa shape index (κ1) is 34.2. The summed E-state index contributed by atoms with van der Waals surface area (Å²) in [7, 11) is 1.56. The lowest BCUT2D eigenvalue weighted by atomic mass is 9.97. The number of methoxy groups -OCH3 is 1. The van der Waals surface area contributed by atoms with Crippen LogP contribution in [0.25, 0.3) is 0 Å². The number of halogens is 1. The molecule has 0 saturated heterocycles. The Labute approximate surface area is 277 Å². The SMILES string of the molecule is COc1ccc(CC(NC(=O)C(Cc2ccccc2)NC(=O)c2ccccc2Br)C(=O)NC(CC(C)C)C(=O)c2ccco2)cc1. The Hall–Kier alpha value is -4.70. The minimum atomic E-state index is -1.07. The van der Waals surface area contributed by atoms with E-state index in [4.69, 9.17) is 9.15 Å². The molecule has 4 aromatic rings. The fourth-order valence-electron chi connectivity index (χ4n) is 4.99. The Morgan fingerprint density at radius 1 is 0.717 bits per heavy atom. The number of carbonyl (C=O) groups is 4. The van der Waals surface area contributed by atoms with Crippen LogP contribution in [0.15, 0.2) is 106 Å². The van der Waals surface area contributed by atoms with Gasteiger partial charge in [0.2, 0.25) is 17.6 Å². The zero-order valence-electron chi connectivity index (χ0n) is 26.0. The van der Waals surface area contributed by atoms with Crippen molar-refractivity contribution in [3.05, 3.63) is 124 Å². The summed E-state index contributed by atoms with van der Waals surface area (Å²) in [6.07, 6.45) is 2.09. The Kier molecular flexibility index (Phi) is 12.3. The first-order valence-electron chi connectivity index (χ1n) is 15.0. The molecule has 0 aliphatic rings. The van der Waals surface area contributed by atoms with Crippen LogP contribution in [0.5, 0.6) is 5.75 Å². The van der Waals surface area contributed by atoms with E-state index in [0.717, 1.165) is 11.1 Å². The van der Waals surface area contributed by atoms with Crippen molar-refractivity contribution in [2.45, 2.75) is 51.2 Å². The van der Waals surface area contributed by atoms with Gasteiger partial charge < -0.3 is 25.1 Å². The van der Waals surface area contributed by atoms with E-state index < -0.39 is 35.8 Å². The quantitative estimate of drug-likeness (QED) is 0.141. The van der Waals surface area contributed by atoms with Crippen molar-refractivity contribution < 1.29 is 28.3 Å². The Balaban J connectivity index is 1.61. The largest absolute Gasteiger partial charge is 0.497 e. The van der Waals surface area contributed by atoms with E-state index in [2.05, 4.69) is 31.9 Å². The lowest BCUT2D eigenvalue weighted by Crippen LogP contribution is -2.57. The van der Waals surface area contributed by atoms with Gasteiger partial charge in [-0.2, -0.15) is 0 Å². The number of nitrogens with one attached hydrogen (secondary N) is 3. The zero-order valence-corrected chi connectivity index (χ0v) is 27.6. The van der Waals surface area contributed by atoms with E-state index >= 15 is 0 Å². The average Bonchev–Trinajstić information content (AvgIpc) is 3.59. The molecule has 3 unspecified atom stereocenters. The van der Waals surface area contributed by atoms with Crippen molar-refractivity contribution in [2.75, 3.05) is 7.11 Å². The number of hydrogen-bond donors (Lipinski definition) is 3. The molecule has 0 aliphatic carbocycles. The molecule has 3 atom stereocenters. The molecule has 0 aliphatic heterocycles. The molecular weight excluding hydrogens is 650 g/mol. The summed E-state index contributed by atoms with van der Waals surface area (Å²) in [5, 5.41) is 8.59. The highest BCUT2D eigenvalue weighted by atomic mass is 79.9. The van der Waals surface area contributed by atoms with Gasteiger partial charge in [0.25, 0.3) is 5.91 Å². The molecule has 4 rings (SSSR count). The molecule has 1 heterocycles.